The molecule has 1 amide bonds. The molecular weight excluding hydrogens is 445 g/mol. The maximum atomic E-state index is 12.1. The van der Waals surface area contributed by atoms with Gasteiger partial charge < -0.3 is 10.1 Å². The van der Waals surface area contributed by atoms with Crippen molar-refractivity contribution in [3.8, 4) is 0 Å². The molecule has 4 nitrogen and oxygen atoms in total. The van der Waals surface area contributed by atoms with Crippen molar-refractivity contribution in [2.45, 2.75) is 32.9 Å². The van der Waals surface area contributed by atoms with Gasteiger partial charge in [-0.15, -0.1) is 0 Å². The number of amides is 1. The van der Waals surface area contributed by atoms with Crippen LogP contribution in [0.4, 0.5) is 30.0 Å². The van der Waals surface area contributed by atoms with E-state index in [9.17, 15) is 30.0 Å². The topological polar surface area (TPSA) is 42.2 Å². The number of benzene rings is 1. The van der Waals surface area contributed by atoms with E-state index >= 15 is 0 Å². The molecule has 0 saturated carbocycles. The predicted molar refractivity (Wildman–Crippen MR) is 109 cm³/mol. The summed E-state index contributed by atoms with van der Waals surface area (Å²) < 4.78 is 66.5. The van der Waals surface area contributed by atoms with E-state index in [4.69, 9.17) is 4.74 Å². The number of pyridine rings is 1. The van der Waals surface area contributed by atoms with Crippen molar-refractivity contribution in [3.05, 3.63) is 72.6 Å². The van der Waals surface area contributed by atoms with Crippen LogP contribution in [0.1, 0.15) is 31.9 Å². The van der Waals surface area contributed by atoms with Gasteiger partial charge in [0.1, 0.15) is 0 Å². The molecule has 1 aromatic carbocycles. The molecule has 0 atom stereocenters. The van der Waals surface area contributed by atoms with Gasteiger partial charge in [0.05, 0.1) is 5.54 Å². The van der Waals surface area contributed by atoms with Crippen molar-refractivity contribution in [3.63, 3.8) is 0 Å². The van der Waals surface area contributed by atoms with Gasteiger partial charge >= 0.3 is 39.1 Å². The second-order valence-electron chi connectivity index (χ2n) is 7.32. The van der Waals surface area contributed by atoms with Crippen molar-refractivity contribution in [1.29, 1.82) is 0 Å². The number of nitrogens with zero attached hydrogens (tertiary/aromatic N) is 1. The number of rotatable bonds is 6. The molecule has 0 aliphatic rings. The second kappa shape index (κ2) is 8.86. The Labute approximate surface area is 176 Å². The van der Waals surface area contributed by atoms with Gasteiger partial charge in [-0.05, 0) is 38.0 Å². The maximum absolute atomic E-state index is 12.1. The number of alkyl carbamates (subject to hydrolysis) is 1. The quantitative estimate of drug-likeness (QED) is 0.279. The van der Waals surface area contributed by atoms with Gasteiger partial charge in [0.25, 0.3) is 0 Å². The molecule has 0 unspecified atom stereocenters. The average Bonchev–Trinajstić information content (AvgIpc) is 2.59. The fourth-order valence-electron chi connectivity index (χ4n) is 2.36. The van der Waals surface area contributed by atoms with Gasteiger partial charge in [-0.1, -0.05) is 36.4 Å². The molecule has 0 fully saturated rings. The Kier molecular flexibility index (Phi) is 7.56. The van der Waals surface area contributed by atoms with Crippen molar-refractivity contribution in [2.24, 2.45) is 0 Å². The summed E-state index contributed by atoms with van der Waals surface area (Å²) in [5, 5.41) is 2.92. The molecular formula is C20H25F6N2O2P. The molecule has 31 heavy (non-hydrogen) atoms. The first kappa shape index (κ1) is 26.4. The normalized spacial score (nSPS) is 13.7. The van der Waals surface area contributed by atoms with Crippen LogP contribution in [0.3, 0.4) is 0 Å². The summed E-state index contributed by atoms with van der Waals surface area (Å²) in [6.07, 6.45) is 3.46. The Morgan fingerprint density at radius 3 is 2.13 bits per heavy atom. The molecule has 0 saturated heterocycles. The average molecular weight is 470 g/mol. The molecule has 11 heteroatoms. The first-order valence-corrected chi connectivity index (χ1v) is 11.1. The zero-order chi connectivity index (χ0) is 24.0. The molecule has 0 aliphatic carbocycles. The van der Waals surface area contributed by atoms with Crippen LogP contribution in [0, 0.1) is 0 Å². The van der Waals surface area contributed by atoms with Crippen LogP contribution in [0.15, 0.2) is 61.4 Å². The van der Waals surface area contributed by atoms with Crippen molar-refractivity contribution in [1.82, 2.24) is 5.32 Å². The first-order valence-electron chi connectivity index (χ1n) is 9.05. The number of hydrogen-bond donors (Lipinski definition) is 1. The number of nitrogens with one attached hydrogen (secondary N) is 1. The van der Waals surface area contributed by atoms with Crippen LogP contribution >= 0.6 is 7.81 Å². The van der Waals surface area contributed by atoms with E-state index in [1.54, 1.807) is 0 Å². The number of hydrogen-bond acceptors (Lipinski definition) is 2. The molecule has 1 heterocycles. The summed E-state index contributed by atoms with van der Waals surface area (Å²) in [5.41, 5.74) is 2.55. The van der Waals surface area contributed by atoms with Gasteiger partial charge in [-0.2, -0.15) is 0 Å². The monoisotopic (exact) mass is 470 g/mol. The van der Waals surface area contributed by atoms with E-state index in [1.807, 2.05) is 80.2 Å². The summed E-state index contributed by atoms with van der Waals surface area (Å²) in [5.74, 6) is 0. The van der Waals surface area contributed by atoms with Gasteiger partial charge in [0.15, 0.2) is 25.5 Å². The Morgan fingerprint density at radius 2 is 1.61 bits per heavy atom. The third kappa shape index (κ3) is 13.3. The molecule has 0 bridgehead atoms. The van der Waals surface area contributed by atoms with E-state index in [1.165, 1.54) is 0 Å². The summed E-state index contributed by atoms with van der Waals surface area (Å²) in [4.78, 5) is 12.1. The Bertz CT molecular complexity index is 905. The van der Waals surface area contributed by atoms with E-state index in [0.717, 1.165) is 16.7 Å². The van der Waals surface area contributed by atoms with Gasteiger partial charge in [0.2, 0.25) is 0 Å². The van der Waals surface area contributed by atoms with Crippen LogP contribution in [0.5, 0.6) is 0 Å². The fraction of sp³-hybridized carbons (Fsp3) is 0.300. The molecule has 174 valence electrons. The summed E-state index contributed by atoms with van der Waals surface area (Å²) in [7, 11) is -10.7. The SMILES string of the molecule is C=C(C)c1cccc(C(C)(C)NC(=O)OCC[n+]2ccccc2)c1.F[P-](F)(F)(F)(F)F. The summed E-state index contributed by atoms with van der Waals surface area (Å²) >= 11 is 0. The van der Waals surface area contributed by atoms with Crippen LogP contribution in [0.25, 0.3) is 5.57 Å². The minimum atomic E-state index is -10.7. The molecule has 1 N–H and O–H groups in total. The number of allylic oxidation sites excluding steroid dienone is 1. The third-order valence-corrected chi connectivity index (χ3v) is 3.85. The molecule has 2 rings (SSSR count). The predicted octanol–water partition coefficient (Wildman–Crippen LogP) is 7.05. The number of carbonyl (C=O) groups is 1. The van der Waals surface area contributed by atoms with Crippen LogP contribution < -0.4 is 9.88 Å². The first-order chi connectivity index (χ1) is 13.8. The second-order valence-corrected chi connectivity index (χ2v) is 9.24. The molecule has 0 aliphatic heterocycles. The van der Waals surface area contributed by atoms with Gasteiger partial charge in [0, 0.05) is 12.1 Å². The van der Waals surface area contributed by atoms with Crippen molar-refractivity contribution >= 4 is 19.5 Å². The fourth-order valence-corrected chi connectivity index (χ4v) is 2.36. The zero-order valence-corrected chi connectivity index (χ0v) is 18.2. The number of halogens is 6. The van der Waals surface area contributed by atoms with Crippen molar-refractivity contribution in [2.75, 3.05) is 6.61 Å². The third-order valence-electron chi connectivity index (χ3n) is 3.85. The van der Waals surface area contributed by atoms with E-state index in [2.05, 4.69) is 11.9 Å². The number of aromatic nitrogens is 1. The van der Waals surface area contributed by atoms with Gasteiger partial charge in [-0.25, -0.2) is 9.36 Å². The van der Waals surface area contributed by atoms with Crippen molar-refractivity contribution < 1.29 is 39.3 Å². The van der Waals surface area contributed by atoms with Crippen LogP contribution in [-0.2, 0) is 16.8 Å². The Hall–Kier alpha value is -2.61. The molecule has 0 radical (unpaired) electrons. The van der Waals surface area contributed by atoms with Gasteiger partial charge in [-0.3, -0.25) is 0 Å². The Balaban J connectivity index is 0.000000592. The van der Waals surface area contributed by atoms with E-state index < -0.39 is 19.4 Å². The summed E-state index contributed by atoms with van der Waals surface area (Å²) in [6.45, 7) is 10.8. The Morgan fingerprint density at radius 1 is 1.06 bits per heavy atom. The molecule has 0 spiro atoms. The summed E-state index contributed by atoms with van der Waals surface area (Å²) in [6, 6.07) is 13.9. The minimum absolute atomic E-state index is 0.322. The number of ether oxygens (including phenoxy) is 1. The van der Waals surface area contributed by atoms with E-state index in [0.29, 0.717) is 13.2 Å². The van der Waals surface area contributed by atoms with E-state index in [-0.39, 0.29) is 0 Å². The zero-order valence-electron chi connectivity index (χ0n) is 17.3. The molecule has 1 aromatic heterocycles. The van der Waals surface area contributed by atoms with Crippen LogP contribution in [-0.4, -0.2) is 12.7 Å². The standard InChI is InChI=1S/C20H24N2O2.F6P/c1-16(2)17-9-8-10-18(15-17)20(3,4)21-19(23)24-14-13-22-11-6-5-7-12-22;1-7(2,3,4,5)6/h5-12,15H,1,13-14H2,2-4H3;/q;-1/p+1. The molecule has 2 aromatic rings. The van der Waals surface area contributed by atoms with Crippen LogP contribution in [0.2, 0.25) is 0 Å². The number of carbonyl (C=O) groups excluding carboxylic acids is 1.